The van der Waals surface area contributed by atoms with Crippen molar-refractivity contribution in [1.29, 1.82) is 0 Å². The second-order valence-corrected chi connectivity index (χ2v) is 4.65. The van der Waals surface area contributed by atoms with E-state index in [2.05, 4.69) is 6.92 Å². The molecular formula is C12H23NO3. The van der Waals surface area contributed by atoms with Crippen LogP contribution in [0.4, 0.5) is 0 Å². The van der Waals surface area contributed by atoms with E-state index in [0.29, 0.717) is 13.0 Å². The van der Waals surface area contributed by atoms with E-state index in [1.54, 1.807) is 0 Å². The third-order valence-corrected chi connectivity index (χ3v) is 3.22. The van der Waals surface area contributed by atoms with Crippen LogP contribution in [0.1, 0.15) is 45.4 Å². The Morgan fingerprint density at radius 3 is 2.62 bits per heavy atom. The predicted octanol–water partition coefficient (Wildman–Crippen LogP) is 1.48. The Morgan fingerprint density at radius 1 is 1.31 bits per heavy atom. The quantitative estimate of drug-likeness (QED) is 0.649. The predicted molar refractivity (Wildman–Crippen MR) is 62.4 cm³/mol. The number of aliphatic hydroxyl groups is 1. The van der Waals surface area contributed by atoms with E-state index in [-0.39, 0.29) is 0 Å². The molecule has 0 aromatic carbocycles. The molecule has 1 aliphatic rings. The van der Waals surface area contributed by atoms with Crippen LogP contribution in [0.2, 0.25) is 0 Å². The maximum atomic E-state index is 10.9. The largest absolute Gasteiger partial charge is 0.480 e. The minimum atomic E-state index is -0.801. The Morgan fingerprint density at radius 2 is 2.00 bits per heavy atom. The molecule has 0 aromatic heterocycles. The third kappa shape index (κ3) is 4.10. The summed E-state index contributed by atoms with van der Waals surface area (Å²) in [6.07, 6.45) is 5.82. The molecule has 0 radical (unpaired) electrons. The van der Waals surface area contributed by atoms with E-state index < -0.39 is 18.1 Å². The van der Waals surface area contributed by atoms with Gasteiger partial charge in [-0.25, -0.2) is 0 Å². The van der Waals surface area contributed by atoms with Crippen molar-refractivity contribution in [2.45, 2.75) is 57.6 Å². The van der Waals surface area contributed by atoms with Gasteiger partial charge >= 0.3 is 5.97 Å². The van der Waals surface area contributed by atoms with Gasteiger partial charge in [0.25, 0.3) is 0 Å². The van der Waals surface area contributed by atoms with Crippen molar-refractivity contribution in [3.8, 4) is 0 Å². The molecule has 4 nitrogen and oxygen atoms in total. The van der Waals surface area contributed by atoms with Gasteiger partial charge in [-0.15, -0.1) is 0 Å². The molecule has 0 aromatic rings. The summed E-state index contributed by atoms with van der Waals surface area (Å²) >= 11 is 0. The number of β-amino-alcohol motifs (C(OH)–C–C–N with tert-alkyl or cyclic N) is 1. The smallest absolute Gasteiger partial charge is 0.321 e. The van der Waals surface area contributed by atoms with E-state index in [0.717, 1.165) is 19.4 Å². The van der Waals surface area contributed by atoms with Crippen LogP contribution in [0.15, 0.2) is 0 Å². The lowest BCUT2D eigenvalue weighted by Gasteiger charge is -2.20. The number of likely N-dealkylation sites (tertiary alicyclic amines) is 1. The molecule has 16 heavy (non-hydrogen) atoms. The first-order valence-electron chi connectivity index (χ1n) is 6.30. The zero-order chi connectivity index (χ0) is 12.0. The highest BCUT2D eigenvalue weighted by atomic mass is 16.4. The van der Waals surface area contributed by atoms with Crippen molar-refractivity contribution in [3.05, 3.63) is 0 Å². The Hall–Kier alpha value is -0.610. The molecule has 94 valence electrons. The number of hydrogen-bond donors (Lipinski definition) is 2. The van der Waals surface area contributed by atoms with Crippen molar-refractivity contribution < 1.29 is 15.0 Å². The van der Waals surface area contributed by atoms with Gasteiger partial charge in [-0.3, -0.25) is 9.69 Å². The molecule has 2 N–H and O–H groups in total. The molecule has 1 fully saturated rings. The molecule has 1 saturated heterocycles. The van der Waals surface area contributed by atoms with E-state index >= 15 is 0 Å². The first kappa shape index (κ1) is 13.5. The molecule has 0 unspecified atom stereocenters. The van der Waals surface area contributed by atoms with Crippen LogP contribution in [-0.2, 0) is 4.79 Å². The highest BCUT2D eigenvalue weighted by Gasteiger charge is 2.35. The van der Waals surface area contributed by atoms with Crippen molar-refractivity contribution in [2.75, 3.05) is 13.1 Å². The number of carboxylic acids is 1. The van der Waals surface area contributed by atoms with E-state index in [1.165, 1.54) is 19.3 Å². The molecule has 4 heteroatoms. The van der Waals surface area contributed by atoms with Gasteiger partial charge in [0.1, 0.15) is 6.04 Å². The molecule has 1 heterocycles. The summed E-state index contributed by atoms with van der Waals surface area (Å²) in [6.45, 7) is 3.50. The fourth-order valence-electron chi connectivity index (χ4n) is 2.30. The first-order chi connectivity index (χ1) is 7.65. The molecule has 0 saturated carbocycles. The minimum absolute atomic E-state index is 0.379. The molecule has 0 amide bonds. The van der Waals surface area contributed by atoms with E-state index in [9.17, 15) is 9.90 Å². The van der Waals surface area contributed by atoms with Crippen LogP contribution < -0.4 is 0 Å². The summed E-state index contributed by atoms with van der Waals surface area (Å²) in [4.78, 5) is 12.8. The monoisotopic (exact) mass is 229 g/mol. The maximum absolute atomic E-state index is 10.9. The molecule has 2 atom stereocenters. The summed E-state index contributed by atoms with van der Waals surface area (Å²) in [7, 11) is 0. The molecule has 0 aliphatic carbocycles. The Bertz CT molecular complexity index is 220. The van der Waals surface area contributed by atoms with Crippen molar-refractivity contribution in [2.24, 2.45) is 0 Å². The van der Waals surface area contributed by atoms with Gasteiger partial charge in [0, 0.05) is 13.0 Å². The van der Waals surface area contributed by atoms with Crippen LogP contribution >= 0.6 is 0 Å². The summed E-state index contributed by atoms with van der Waals surface area (Å²) in [5.41, 5.74) is 0. The minimum Gasteiger partial charge on any atom is -0.480 e. The zero-order valence-corrected chi connectivity index (χ0v) is 10.1. The van der Waals surface area contributed by atoms with Gasteiger partial charge in [0.15, 0.2) is 0 Å². The van der Waals surface area contributed by atoms with Crippen LogP contribution in [0.25, 0.3) is 0 Å². The zero-order valence-electron chi connectivity index (χ0n) is 10.1. The Balaban J connectivity index is 2.21. The number of hydrogen-bond acceptors (Lipinski definition) is 3. The second kappa shape index (κ2) is 6.86. The van der Waals surface area contributed by atoms with Gasteiger partial charge < -0.3 is 10.2 Å². The topological polar surface area (TPSA) is 60.8 Å². The molecule has 1 aliphatic heterocycles. The number of aliphatic carboxylic acids is 1. The fourth-order valence-corrected chi connectivity index (χ4v) is 2.30. The molecule has 1 rings (SSSR count). The summed E-state index contributed by atoms with van der Waals surface area (Å²) < 4.78 is 0. The number of rotatable bonds is 7. The molecule has 0 spiro atoms. The number of carbonyl (C=O) groups is 1. The van der Waals surface area contributed by atoms with Crippen LogP contribution in [0.5, 0.6) is 0 Å². The first-order valence-corrected chi connectivity index (χ1v) is 6.30. The lowest BCUT2D eigenvalue weighted by molar-refractivity contribution is -0.142. The summed E-state index contributed by atoms with van der Waals surface area (Å²) in [5, 5.41) is 18.4. The van der Waals surface area contributed by atoms with Gasteiger partial charge in [-0.1, -0.05) is 32.6 Å². The van der Waals surface area contributed by atoms with Crippen molar-refractivity contribution in [1.82, 2.24) is 4.90 Å². The average molecular weight is 229 g/mol. The Kier molecular flexibility index (Phi) is 5.77. The fraction of sp³-hybridized carbons (Fsp3) is 0.917. The second-order valence-electron chi connectivity index (χ2n) is 4.65. The normalized spacial score (nSPS) is 26.1. The highest BCUT2D eigenvalue weighted by molar-refractivity contribution is 5.74. The standard InChI is InChI=1S/C12H23NO3/c1-2-3-4-5-6-7-13-9-10(14)8-11(13)12(15)16/h10-11,14H,2-9H2,1H3,(H,15,16)/t10-,11+/m0/s1. The van der Waals surface area contributed by atoms with Gasteiger partial charge in [0.2, 0.25) is 0 Å². The summed E-state index contributed by atoms with van der Waals surface area (Å²) in [6, 6.07) is -0.471. The number of aliphatic hydroxyl groups excluding tert-OH is 1. The Labute approximate surface area is 97.3 Å². The lowest BCUT2D eigenvalue weighted by Crippen LogP contribution is -2.36. The SMILES string of the molecule is CCCCCCCN1C[C@@H](O)C[C@@H]1C(=O)O. The van der Waals surface area contributed by atoms with Gasteiger partial charge in [-0.05, 0) is 13.0 Å². The number of carboxylic acid groups (broad SMARTS) is 1. The van der Waals surface area contributed by atoms with Gasteiger partial charge in [0.05, 0.1) is 6.10 Å². The van der Waals surface area contributed by atoms with E-state index in [4.69, 9.17) is 5.11 Å². The van der Waals surface area contributed by atoms with Crippen molar-refractivity contribution >= 4 is 5.97 Å². The molecule has 0 bridgehead atoms. The van der Waals surface area contributed by atoms with Crippen LogP contribution in [0, 0.1) is 0 Å². The van der Waals surface area contributed by atoms with Crippen LogP contribution in [0.3, 0.4) is 0 Å². The summed E-state index contributed by atoms with van der Waals surface area (Å²) in [5.74, 6) is -0.801. The lowest BCUT2D eigenvalue weighted by atomic mass is 10.1. The maximum Gasteiger partial charge on any atom is 0.321 e. The van der Waals surface area contributed by atoms with Gasteiger partial charge in [-0.2, -0.15) is 0 Å². The van der Waals surface area contributed by atoms with Crippen molar-refractivity contribution in [3.63, 3.8) is 0 Å². The van der Waals surface area contributed by atoms with E-state index in [1.807, 2.05) is 4.90 Å². The highest BCUT2D eigenvalue weighted by Crippen LogP contribution is 2.19. The average Bonchev–Trinajstić information content (AvgIpc) is 2.59. The number of unbranched alkanes of at least 4 members (excludes halogenated alkanes) is 4. The third-order valence-electron chi connectivity index (χ3n) is 3.22. The van der Waals surface area contributed by atoms with Crippen LogP contribution in [-0.4, -0.2) is 46.3 Å². The number of nitrogens with zero attached hydrogens (tertiary/aromatic N) is 1. The molecular weight excluding hydrogens is 206 g/mol.